The highest BCUT2D eigenvalue weighted by molar-refractivity contribution is 5.99. The van der Waals surface area contributed by atoms with Gasteiger partial charge in [-0.25, -0.2) is 18.0 Å². The number of amides is 1. The highest BCUT2D eigenvalue weighted by atomic mass is 19.2. The van der Waals surface area contributed by atoms with Crippen LogP contribution in [-0.2, 0) is 9.53 Å². The first kappa shape index (κ1) is 21.9. The Labute approximate surface area is 164 Å². The smallest absolute Gasteiger partial charge is 0.342 e. The summed E-state index contributed by atoms with van der Waals surface area (Å²) in [5.41, 5.74) is -0.649. The summed E-state index contributed by atoms with van der Waals surface area (Å²) < 4.78 is 60.5. The van der Waals surface area contributed by atoms with Crippen LogP contribution in [0.15, 0.2) is 24.3 Å². The molecular formula is C19H18F3NO6. The van der Waals surface area contributed by atoms with Crippen LogP contribution in [0.3, 0.4) is 0 Å². The van der Waals surface area contributed by atoms with E-state index in [1.807, 2.05) is 5.32 Å². The van der Waals surface area contributed by atoms with E-state index < -0.39 is 41.1 Å². The standard InChI is InChI=1S/C19H18F3NO6/c1-9(18(24)23-12-7-6-11(20)14(21)15(12)22)29-19(25)10-5-8-13(26-2)17(28-4)16(10)27-3/h5-9H,1-4H3,(H,23,24). The summed E-state index contributed by atoms with van der Waals surface area (Å²) >= 11 is 0. The van der Waals surface area contributed by atoms with Crippen molar-refractivity contribution >= 4 is 17.6 Å². The van der Waals surface area contributed by atoms with Crippen molar-refractivity contribution in [1.82, 2.24) is 0 Å². The molecule has 0 radical (unpaired) electrons. The number of rotatable bonds is 7. The number of hydrogen-bond donors (Lipinski definition) is 1. The van der Waals surface area contributed by atoms with E-state index in [1.54, 1.807) is 0 Å². The molecule has 0 saturated heterocycles. The van der Waals surface area contributed by atoms with Crippen LogP contribution in [0.2, 0.25) is 0 Å². The molecule has 0 aromatic heterocycles. The SMILES string of the molecule is COc1ccc(C(=O)OC(C)C(=O)Nc2ccc(F)c(F)c2F)c(OC)c1OC. The molecule has 0 saturated carbocycles. The number of methoxy groups -OCH3 is 3. The zero-order valence-electron chi connectivity index (χ0n) is 16.0. The second kappa shape index (κ2) is 9.18. The second-order valence-electron chi connectivity index (χ2n) is 5.64. The van der Waals surface area contributed by atoms with Crippen LogP contribution in [0.25, 0.3) is 0 Å². The minimum absolute atomic E-state index is 0.0242. The lowest BCUT2D eigenvalue weighted by molar-refractivity contribution is -0.123. The maximum atomic E-state index is 13.7. The number of carbonyl (C=O) groups is 2. The summed E-state index contributed by atoms with van der Waals surface area (Å²) in [6.07, 6.45) is -1.40. The van der Waals surface area contributed by atoms with Crippen LogP contribution in [0, 0.1) is 17.5 Å². The van der Waals surface area contributed by atoms with Crippen molar-refractivity contribution in [3.05, 3.63) is 47.3 Å². The van der Waals surface area contributed by atoms with Gasteiger partial charge in [-0.2, -0.15) is 0 Å². The summed E-state index contributed by atoms with van der Waals surface area (Å²) in [5.74, 6) is -6.12. The molecule has 2 aromatic rings. The quantitative estimate of drug-likeness (QED) is 0.554. The molecule has 156 valence electrons. The summed E-state index contributed by atoms with van der Waals surface area (Å²) in [6, 6.07) is 4.29. The fraction of sp³-hybridized carbons (Fsp3) is 0.263. The summed E-state index contributed by atoms with van der Waals surface area (Å²) in [5, 5.41) is 2.03. The zero-order valence-corrected chi connectivity index (χ0v) is 16.0. The molecule has 10 heteroatoms. The minimum Gasteiger partial charge on any atom is -0.493 e. The van der Waals surface area contributed by atoms with Crippen molar-refractivity contribution in [2.45, 2.75) is 13.0 Å². The third-order valence-corrected chi connectivity index (χ3v) is 3.87. The van der Waals surface area contributed by atoms with Crippen LogP contribution in [0.4, 0.5) is 18.9 Å². The second-order valence-corrected chi connectivity index (χ2v) is 5.64. The van der Waals surface area contributed by atoms with Gasteiger partial charge in [0.2, 0.25) is 5.75 Å². The Morgan fingerprint density at radius 3 is 2.14 bits per heavy atom. The third kappa shape index (κ3) is 4.53. The van der Waals surface area contributed by atoms with E-state index in [4.69, 9.17) is 18.9 Å². The van der Waals surface area contributed by atoms with Crippen molar-refractivity contribution in [2.75, 3.05) is 26.6 Å². The maximum absolute atomic E-state index is 13.7. The first-order valence-corrected chi connectivity index (χ1v) is 8.19. The Hall–Kier alpha value is -3.43. The summed E-state index contributed by atoms with van der Waals surface area (Å²) in [6.45, 7) is 1.22. The Bertz CT molecular complexity index is 935. The monoisotopic (exact) mass is 413 g/mol. The average Bonchev–Trinajstić information content (AvgIpc) is 2.72. The van der Waals surface area contributed by atoms with E-state index in [0.717, 1.165) is 6.07 Å². The molecule has 1 atom stereocenters. The molecule has 0 heterocycles. The molecular weight excluding hydrogens is 395 g/mol. The van der Waals surface area contributed by atoms with Crippen molar-refractivity contribution < 1.29 is 41.7 Å². The van der Waals surface area contributed by atoms with Gasteiger partial charge < -0.3 is 24.3 Å². The number of carbonyl (C=O) groups excluding carboxylic acids is 2. The molecule has 1 unspecified atom stereocenters. The lowest BCUT2D eigenvalue weighted by atomic mass is 10.1. The van der Waals surface area contributed by atoms with Gasteiger partial charge in [0.15, 0.2) is 35.1 Å². The van der Waals surface area contributed by atoms with E-state index in [9.17, 15) is 22.8 Å². The van der Waals surface area contributed by atoms with E-state index >= 15 is 0 Å². The maximum Gasteiger partial charge on any atom is 0.342 e. The van der Waals surface area contributed by atoms with Crippen LogP contribution in [0.5, 0.6) is 17.2 Å². The van der Waals surface area contributed by atoms with Crippen molar-refractivity contribution in [1.29, 1.82) is 0 Å². The molecule has 0 spiro atoms. The molecule has 7 nitrogen and oxygen atoms in total. The van der Waals surface area contributed by atoms with Crippen molar-refractivity contribution in [3.63, 3.8) is 0 Å². The number of nitrogens with one attached hydrogen (secondary N) is 1. The molecule has 1 N–H and O–H groups in total. The molecule has 0 bridgehead atoms. The summed E-state index contributed by atoms with van der Waals surface area (Å²) in [4.78, 5) is 24.6. The lowest BCUT2D eigenvalue weighted by Crippen LogP contribution is -2.30. The number of halogens is 3. The van der Waals surface area contributed by atoms with Gasteiger partial charge in [-0.3, -0.25) is 4.79 Å². The first-order chi connectivity index (χ1) is 13.7. The van der Waals surface area contributed by atoms with E-state index in [0.29, 0.717) is 11.8 Å². The predicted octanol–water partition coefficient (Wildman–Crippen LogP) is 3.31. The number of esters is 1. The molecule has 1 amide bonds. The van der Waals surface area contributed by atoms with Crippen LogP contribution in [0.1, 0.15) is 17.3 Å². The topological polar surface area (TPSA) is 83.1 Å². The number of benzene rings is 2. The Balaban J connectivity index is 2.18. The van der Waals surface area contributed by atoms with Gasteiger partial charge in [0.25, 0.3) is 5.91 Å². The van der Waals surface area contributed by atoms with E-state index in [2.05, 4.69) is 0 Å². The lowest BCUT2D eigenvalue weighted by Gasteiger charge is -2.17. The van der Waals surface area contributed by atoms with Gasteiger partial charge in [0.1, 0.15) is 5.56 Å². The Kier molecular flexibility index (Phi) is 6.92. The zero-order chi connectivity index (χ0) is 21.7. The fourth-order valence-corrected chi connectivity index (χ4v) is 2.40. The third-order valence-electron chi connectivity index (χ3n) is 3.87. The van der Waals surface area contributed by atoms with Crippen molar-refractivity contribution in [2.24, 2.45) is 0 Å². The average molecular weight is 413 g/mol. The van der Waals surface area contributed by atoms with E-state index in [-0.39, 0.29) is 17.1 Å². The van der Waals surface area contributed by atoms with Gasteiger partial charge in [-0.15, -0.1) is 0 Å². The molecule has 0 fully saturated rings. The summed E-state index contributed by atoms with van der Waals surface area (Å²) in [7, 11) is 4.05. The van der Waals surface area contributed by atoms with Gasteiger partial charge >= 0.3 is 5.97 Å². The molecule has 2 aromatic carbocycles. The molecule has 0 aliphatic heterocycles. The first-order valence-electron chi connectivity index (χ1n) is 8.19. The molecule has 0 aliphatic rings. The van der Waals surface area contributed by atoms with Gasteiger partial charge in [-0.05, 0) is 31.2 Å². The molecule has 29 heavy (non-hydrogen) atoms. The number of ether oxygens (including phenoxy) is 4. The number of anilines is 1. The van der Waals surface area contributed by atoms with Gasteiger partial charge in [-0.1, -0.05) is 0 Å². The van der Waals surface area contributed by atoms with E-state index in [1.165, 1.54) is 40.4 Å². The Morgan fingerprint density at radius 2 is 1.55 bits per heavy atom. The highest BCUT2D eigenvalue weighted by Crippen LogP contribution is 2.40. The molecule has 2 rings (SSSR count). The normalized spacial score (nSPS) is 11.4. The van der Waals surface area contributed by atoms with Crippen molar-refractivity contribution in [3.8, 4) is 17.2 Å². The fourth-order valence-electron chi connectivity index (χ4n) is 2.40. The minimum atomic E-state index is -1.73. The Morgan fingerprint density at radius 1 is 0.897 bits per heavy atom. The highest BCUT2D eigenvalue weighted by Gasteiger charge is 2.26. The van der Waals surface area contributed by atoms with Gasteiger partial charge in [0.05, 0.1) is 27.0 Å². The van der Waals surface area contributed by atoms with Crippen LogP contribution in [-0.4, -0.2) is 39.3 Å². The van der Waals surface area contributed by atoms with Crippen LogP contribution < -0.4 is 19.5 Å². The number of hydrogen-bond acceptors (Lipinski definition) is 6. The largest absolute Gasteiger partial charge is 0.493 e. The van der Waals surface area contributed by atoms with Gasteiger partial charge in [0, 0.05) is 0 Å². The molecule has 0 aliphatic carbocycles. The van der Waals surface area contributed by atoms with Crippen LogP contribution >= 0.6 is 0 Å². The predicted molar refractivity (Wildman–Crippen MR) is 95.9 cm³/mol.